The number of nitrogens with one attached hydrogen (secondary N) is 2. The smallest absolute Gasteiger partial charge is 0.262 e. The summed E-state index contributed by atoms with van der Waals surface area (Å²) >= 11 is 5.37. The van der Waals surface area contributed by atoms with Crippen LogP contribution < -0.4 is 15.6 Å². The lowest BCUT2D eigenvalue weighted by Gasteiger charge is -2.10. The Hall–Kier alpha value is -3.71. The highest BCUT2D eigenvalue weighted by Gasteiger charge is 2.08. The summed E-state index contributed by atoms with van der Waals surface area (Å²) in [6.45, 7) is 0.749. The van der Waals surface area contributed by atoms with Crippen LogP contribution >= 0.6 is 12.2 Å². The molecule has 0 aliphatic heterocycles. The third-order valence-corrected chi connectivity index (χ3v) is 5.38. The fourth-order valence-corrected chi connectivity index (χ4v) is 3.57. The van der Waals surface area contributed by atoms with E-state index < -0.39 is 0 Å². The molecule has 1 amide bonds. The number of ether oxygens (including phenoxy) is 1. The van der Waals surface area contributed by atoms with Crippen LogP contribution in [0, 0.1) is 4.77 Å². The predicted molar refractivity (Wildman–Crippen MR) is 123 cm³/mol. The lowest BCUT2D eigenvalue weighted by atomic mass is 10.1. The SMILES string of the molecule is COc1ccc(CNC(=O)c2ccc(Cn3c(=S)[nH]c4ccccc4c3=O)cc2)cc1. The van der Waals surface area contributed by atoms with E-state index in [-0.39, 0.29) is 11.5 Å². The minimum atomic E-state index is -0.164. The fraction of sp³-hybridized carbons (Fsp3) is 0.125. The topological polar surface area (TPSA) is 76.1 Å². The third kappa shape index (κ3) is 4.57. The van der Waals surface area contributed by atoms with Gasteiger partial charge in [0.25, 0.3) is 11.5 Å². The lowest BCUT2D eigenvalue weighted by Crippen LogP contribution is -2.23. The van der Waals surface area contributed by atoms with Crippen molar-refractivity contribution >= 4 is 29.0 Å². The molecule has 1 heterocycles. The Balaban J connectivity index is 1.46. The Bertz CT molecular complexity index is 1340. The number of H-pyrrole nitrogens is 1. The van der Waals surface area contributed by atoms with Crippen molar-refractivity contribution in [1.82, 2.24) is 14.9 Å². The van der Waals surface area contributed by atoms with Gasteiger partial charge in [-0.2, -0.15) is 0 Å². The van der Waals surface area contributed by atoms with Gasteiger partial charge in [0.15, 0.2) is 4.77 Å². The quantitative estimate of drug-likeness (QED) is 0.452. The molecule has 3 aromatic carbocycles. The van der Waals surface area contributed by atoms with E-state index in [1.165, 1.54) is 4.57 Å². The first kappa shape index (κ1) is 20.6. The predicted octanol–water partition coefficient (Wildman–Crippen LogP) is 4.05. The van der Waals surface area contributed by atoms with Crippen LogP contribution in [0.3, 0.4) is 0 Å². The maximum Gasteiger partial charge on any atom is 0.262 e. The molecule has 7 heteroatoms. The van der Waals surface area contributed by atoms with Gasteiger partial charge in [-0.3, -0.25) is 14.2 Å². The van der Waals surface area contributed by atoms with Crippen LogP contribution in [0.1, 0.15) is 21.5 Å². The molecular weight excluding hydrogens is 410 g/mol. The summed E-state index contributed by atoms with van der Waals surface area (Å²) in [6.07, 6.45) is 0. The number of hydrogen-bond acceptors (Lipinski definition) is 4. The van der Waals surface area contributed by atoms with E-state index in [4.69, 9.17) is 17.0 Å². The summed E-state index contributed by atoms with van der Waals surface area (Å²) in [5.74, 6) is 0.610. The minimum Gasteiger partial charge on any atom is -0.497 e. The van der Waals surface area contributed by atoms with Crippen LogP contribution in [0.4, 0.5) is 0 Å². The molecule has 0 bridgehead atoms. The van der Waals surface area contributed by atoms with Gasteiger partial charge in [-0.05, 0) is 59.7 Å². The number of carbonyl (C=O) groups excluding carboxylic acids is 1. The molecule has 0 unspecified atom stereocenters. The molecule has 1 aromatic heterocycles. The van der Waals surface area contributed by atoms with Crippen molar-refractivity contribution in [1.29, 1.82) is 0 Å². The summed E-state index contributed by atoms with van der Waals surface area (Å²) in [5, 5.41) is 3.49. The number of para-hydroxylation sites is 1. The number of rotatable bonds is 6. The number of carbonyl (C=O) groups is 1. The maximum atomic E-state index is 12.8. The second-order valence-electron chi connectivity index (χ2n) is 7.09. The zero-order valence-corrected chi connectivity index (χ0v) is 17.7. The summed E-state index contributed by atoms with van der Waals surface area (Å²) in [7, 11) is 1.62. The molecule has 2 N–H and O–H groups in total. The van der Waals surface area contributed by atoms with Gasteiger partial charge < -0.3 is 15.0 Å². The van der Waals surface area contributed by atoms with Gasteiger partial charge in [-0.15, -0.1) is 0 Å². The molecule has 31 heavy (non-hydrogen) atoms. The van der Waals surface area contributed by atoms with Gasteiger partial charge in [0.2, 0.25) is 0 Å². The van der Waals surface area contributed by atoms with Gasteiger partial charge in [0, 0.05) is 12.1 Å². The molecule has 0 saturated heterocycles. The van der Waals surface area contributed by atoms with E-state index in [1.54, 1.807) is 25.3 Å². The highest BCUT2D eigenvalue weighted by molar-refractivity contribution is 7.71. The molecule has 4 aromatic rings. The molecule has 0 fully saturated rings. The Morgan fingerprint density at radius 3 is 2.39 bits per heavy atom. The van der Waals surface area contributed by atoms with Crippen LogP contribution in [-0.4, -0.2) is 22.6 Å². The molecule has 156 valence electrons. The first-order valence-electron chi connectivity index (χ1n) is 9.77. The van der Waals surface area contributed by atoms with Crippen molar-refractivity contribution in [2.24, 2.45) is 0 Å². The third-order valence-electron chi connectivity index (χ3n) is 5.06. The van der Waals surface area contributed by atoms with Crippen LogP contribution in [-0.2, 0) is 13.1 Å². The molecule has 0 spiro atoms. The van der Waals surface area contributed by atoms with Crippen LogP contribution in [0.15, 0.2) is 77.6 Å². The molecule has 0 aliphatic rings. The van der Waals surface area contributed by atoms with Crippen molar-refractivity contribution in [3.05, 3.63) is 105 Å². The van der Waals surface area contributed by atoms with Crippen molar-refractivity contribution in [2.75, 3.05) is 7.11 Å². The van der Waals surface area contributed by atoms with E-state index in [9.17, 15) is 9.59 Å². The first-order valence-corrected chi connectivity index (χ1v) is 10.2. The number of fused-ring (bicyclic) bond motifs is 1. The molecule has 0 aliphatic carbocycles. The number of benzene rings is 3. The summed E-state index contributed by atoms with van der Waals surface area (Å²) < 4.78 is 7.03. The minimum absolute atomic E-state index is 0.138. The Labute approximate surface area is 184 Å². The Morgan fingerprint density at radius 2 is 1.68 bits per heavy atom. The summed E-state index contributed by atoms with van der Waals surface area (Å²) in [5.41, 5.74) is 2.99. The average molecular weight is 432 g/mol. The highest BCUT2D eigenvalue weighted by Crippen LogP contribution is 2.12. The van der Waals surface area contributed by atoms with Crippen molar-refractivity contribution in [2.45, 2.75) is 13.1 Å². The van der Waals surface area contributed by atoms with Crippen molar-refractivity contribution < 1.29 is 9.53 Å². The normalized spacial score (nSPS) is 10.7. The number of hydrogen-bond donors (Lipinski definition) is 2. The number of aromatic nitrogens is 2. The first-order chi connectivity index (χ1) is 15.0. The Kier molecular flexibility index (Phi) is 5.95. The number of nitrogens with zero attached hydrogens (tertiary/aromatic N) is 1. The molecule has 6 nitrogen and oxygen atoms in total. The van der Waals surface area contributed by atoms with Crippen LogP contribution in [0.5, 0.6) is 5.75 Å². The average Bonchev–Trinajstić information content (AvgIpc) is 2.81. The summed E-state index contributed by atoms with van der Waals surface area (Å²) in [6, 6.07) is 22.0. The zero-order chi connectivity index (χ0) is 21.8. The monoisotopic (exact) mass is 431 g/mol. The van der Waals surface area contributed by atoms with Gasteiger partial charge in [0.1, 0.15) is 5.75 Å². The van der Waals surface area contributed by atoms with Gasteiger partial charge >= 0.3 is 0 Å². The van der Waals surface area contributed by atoms with E-state index in [2.05, 4.69) is 10.3 Å². The Morgan fingerprint density at radius 1 is 1.00 bits per heavy atom. The van der Waals surface area contributed by atoms with Gasteiger partial charge in [-0.1, -0.05) is 36.4 Å². The molecule has 0 radical (unpaired) electrons. The second-order valence-corrected chi connectivity index (χ2v) is 7.48. The second kappa shape index (κ2) is 8.97. The lowest BCUT2D eigenvalue weighted by molar-refractivity contribution is 0.0951. The highest BCUT2D eigenvalue weighted by atomic mass is 32.1. The number of aromatic amines is 1. The molecule has 4 rings (SSSR count). The molecule has 0 atom stereocenters. The maximum absolute atomic E-state index is 12.8. The van der Waals surface area contributed by atoms with Crippen LogP contribution in [0.25, 0.3) is 10.9 Å². The van der Waals surface area contributed by atoms with Gasteiger partial charge in [0.05, 0.1) is 24.6 Å². The van der Waals surface area contributed by atoms with Gasteiger partial charge in [-0.25, -0.2) is 0 Å². The standard InChI is InChI=1S/C24H21N3O3S/c1-30-19-12-8-16(9-13-19)14-25-22(28)18-10-6-17(7-11-18)15-27-23(29)20-4-2-3-5-21(20)26-24(27)31/h2-13H,14-15H2,1H3,(H,25,28)(H,26,31). The fourth-order valence-electron chi connectivity index (χ4n) is 3.31. The largest absolute Gasteiger partial charge is 0.497 e. The van der Waals surface area contributed by atoms with Crippen LogP contribution in [0.2, 0.25) is 0 Å². The molecule has 0 saturated carbocycles. The van der Waals surface area contributed by atoms with Crippen molar-refractivity contribution in [3.8, 4) is 5.75 Å². The summed E-state index contributed by atoms with van der Waals surface area (Å²) in [4.78, 5) is 28.3. The van der Waals surface area contributed by atoms with E-state index in [1.807, 2.05) is 54.6 Å². The van der Waals surface area contributed by atoms with E-state index in [0.29, 0.717) is 28.8 Å². The number of methoxy groups -OCH3 is 1. The zero-order valence-electron chi connectivity index (χ0n) is 16.9. The molecular formula is C24H21N3O3S. The van der Waals surface area contributed by atoms with E-state index >= 15 is 0 Å². The number of amides is 1. The van der Waals surface area contributed by atoms with E-state index in [0.717, 1.165) is 22.4 Å². The van der Waals surface area contributed by atoms with Crippen molar-refractivity contribution in [3.63, 3.8) is 0 Å².